The summed E-state index contributed by atoms with van der Waals surface area (Å²) in [5.74, 6) is -1.43. The van der Waals surface area contributed by atoms with Crippen molar-refractivity contribution in [3.63, 3.8) is 0 Å². The number of nitriles is 1. The van der Waals surface area contributed by atoms with Crippen molar-refractivity contribution >= 4 is 21.9 Å². The molecule has 6 heteroatoms. The minimum Gasteiger partial charge on any atom is -0.501 e. The second-order valence-corrected chi connectivity index (χ2v) is 17.8. The maximum atomic E-state index is 9.86. The molecule has 0 fully saturated rings. The summed E-state index contributed by atoms with van der Waals surface area (Å²) >= 11 is 0. The van der Waals surface area contributed by atoms with Gasteiger partial charge in [0, 0.05) is 30.8 Å². The van der Waals surface area contributed by atoms with Gasteiger partial charge in [-0.15, -0.1) is 90.0 Å². The molecule has 0 unspecified atom stereocenters. The smallest absolute Gasteiger partial charge is 0.501 e. The van der Waals surface area contributed by atoms with Crippen LogP contribution < -0.4 is 0 Å². The molecule has 0 atom stereocenters. The fourth-order valence-corrected chi connectivity index (χ4v) is 8.38. The number of aryl methyl sites for hydroxylation is 2. The summed E-state index contributed by atoms with van der Waals surface area (Å²) in [5.41, 5.74) is 7.36. The summed E-state index contributed by atoms with van der Waals surface area (Å²) in [6.45, 7) is 11.8. The number of nitrogens with zero attached hydrogens (tertiary/aromatic N) is 4. The largest absolute Gasteiger partial charge is 3.00 e. The monoisotopic (exact) mass is 1030 g/mol. The van der Waals surface area contributed by atoms with Crippen molar-refractivity contribution in [2.75, 3.05) is 0 Å². The van der Waals surface area contributed by atoms with Crippen molar-refractivity contribution in [3.8, 4) is 39.8 Å². The standard InChI is InChI=1S/C59H51N4O.Ir/c1-39(2)52-32-55(51-19-13-18-50-49-25-21-41(35-60)31-56(49)64-57(50)51)61-36-46(52)22-20-40-28-42(33-58(3,4)47-23-26-53(62-37-47)44-14-9-7-10-15-44)30-43(29-40)34-59(5,6)48-24-27-54(63-38-48)45-16-11-8-12-17-45;/h7-14,16,18,21,23-32,36-39H,20,22,33-34H2,1-6H3;/q-3;+3/i20D2,21D,22D2,31D,39D;. The summed E-state index contributed by atoms with van der Waals surface area (Å²) in [6, 6.07) is 46.9. The van der Waals surface area contributed by atoms with Crippen molar-refractivity contribution in [1.29, 1.82) is 5.26 Å². The molecule has 0 aliphatic rings. The van der Waals surface area contributed by atoms with E-state index in [1.807, 2.05) is 79.1 Å². The zero-order chi connectivity index (χ0) is 50.7. The Hall–Kier alpha value is -6.51. The number of rotatable bonds is 13. The van der Waals surface area contributed by atoms with Crippen LogP contribution in [0, 0.1) is 29.5 Å². The Kier molecular flexibility index (Phi) is 10.7. The molecule has 9 aromatic rings. The van der Waals surface area contributed by atoms with Gasteiger partial charge in [0.05, 0.1) is 20.0 Å². The van der Waals surface area contributed by atoms with E-state index in [0.29, 0.717) is 40.5 Å². The Labute approximate surface area is 406 Å². The molecule has 0 saturated carbocycles. The van der Waals surface area contributed by atoms with Gasteiger partial charge in [0.15, 0.2) is 0 Å². The van der Waals surface area contributed by atoms with Crippen molar-refractivity contribution in [3.05, 3.63) is 209 Å². The molecule has 65 heavy (non-hydrogen) atoms. The van der Waals surface area contributed by atoms with E-state index in [2.05, 4.69) is 64.1 Å². The Morgan fingerprint density at radius 2 is 1.29 bits per heavy atom. The minimum absolute atomic E-state index is 0. The van der Waals surface area contributed by atoms with E-state index in [-0.39, 0.29) is 60.0 Å². The van der Waals surface area contributed by atoms with Gasteiger partial charge in [-0.3, -0.25) is 0 Å². The molecule has 9 rings (SSSR count). The van der Waals surface area contributed by atoms with Gasteiger partial charge in [-0.2, -0.15) is 5.26 Å². The normalized spacial score (nSPS) is 14.0. The predicted molar refractivity (Wildman–Crippen MR) is 259 cm³/mol. The summed E-state index contributed by atoms with van der Waals surface area (Å²) < 4.78 is 71.8. The molecule has 0 aliphatic heterocycles. The number of hydrogen-bond acceptors (Lipinski definition) is 5. The van der Waals surface area contributed by atoms with Gasteiger partial charge in [-0.1, -0.05) is 107 Å². The van der Waals surface area contributed by atoms with Crippen LogP contribution in [0.2, 0.25) is 0 Å². The zero-order valence-electron chi connectivity index (χ0n) is 44.1. The van der Waals surface area contributed by atoms with Gasteiger partial charge in [0.25, 0.3) is 0 Å². The third-order valence-corrected chi connectivity index (χ3v) is 11.8. The van der Waals surface area contributed by atoms with Crippen LogP contribution in [-0.2, 0) is 56.5 Å². The molecule has 0 spiro atoms. The number of hydrogen-bond donors (Lipinski definition) is 0. The number of benzene rings is 5. The molecule has 0 bridgehead atoms. The number of fused-ring (bicyclic) bond motifs is 3. The van der Waals surface area contributed by atoms with Gasteiger partial charge in [0.2, 0.25) is 0 Å². The zero-order valence-corrected chi connectivity index (χ0v) is 39.5. The maximum Gasteiger partial charge on any atom is 3.00 e. The second-order valence-electron chi connectivity index (χ2n) is 17.8. The SMILES string of the molecule is [2H]c1cc2c(oc3c(-c4cc(C([2H])(C)C)c(C([2H])([2H])C([2H])([2H])c5cc(CC(C)(C)c6ccc(-c7[c-]cccc7)nc6)cc(CC(C)(C)c6ccc(-c7[c-]cccc7)nc6)c5)cn4)[c-]ccc32)c([2H])c1C#N.[Ir+3]. The van der Waals surface area contributed by atoms with E-state index in [1.165, 1.54) is 12.3 Å². The molecule has 0 N–H and O–H groups in total. The number of pyridine rings is 3. The number of aromatic nitrogens is 3. The van der Waals surface area contributed by atoms with E-state index < -0.39 is 29.5 Å². The molecule has 4 aromatic heterocycles. The second kappa shape index (κ2) is 18.9. The van der Waals surface area contributed by atoms with Crippen LogP contribution in [0.25, 0.3) is 55.7 Å². The fraction of sp³-hybridized carbons (Fsp3) is 0.220. The van der Waals surface area contributed by atoms with Gasteiger partial charge >= 0.3 is 20.1 Å². The van der Waals surface area contributed by atoms with E-state index in [4.69, 9.17) is 22.1 Å². The fourth-order valence-electron chi connectivity index (χ4n) is 8.38. The molecule has 0 aliphatic carbocycles. The van der Waals surface area contributed by atoms with Crippen molar-refractivity contribution in [2.24, 2.45) is 0 Å². The van der Waals surface area contributed by atoms with Crippen LogP contribution >= 0.6 is 0 Å². The molecular formula is C59H51IrN4O. The van der Waals surface area contributed by atoms with Gasteiger partial charge in [-0.05, 0) is 110 Å². The Balaban J connectivity index is 0.00000693. The van der Waals surface area contributed by atoms with Crippen molar-refractivity contribution < 1.29 is 34.1 Å². The molecule has 5 aromatic carbocycles. The van der Waals surface area contributed by atoms with Gasteiger partial charge < -0.3 is 19.4 Å². The summed E-state index contributed by atoms with van der Waals surface area (Å²) in [6.07, 6.45) is 0.676. The summed E-state index contributed by atoms with van der Waals surface area (Å²) in [4.78, 5) is 14.3. The predicted octanol–water partition coefficient (Wildman–Crippen LogP) is 14.0. The van der Waals surface area contributed by atoms with Crippen LogP contribution in [-0.4, -0.2) is 15.0 Å². The first-order valence-electron chi connectivity index (χ1n) is 24.9. The Bertz CT molecular complexity index is 3380. The molecule has 4 heterocycles. The molecule has 0 saturated heterocycles. The van der Waals surface area contributed by atoms with Crippen molar-refractivity contribution in [2.45, 2.75) is 83.9 Å². The van der Waals surface area contributed by atoms with Crippen LogP contribution in [0.1, 0.15) is 102 Å². The van der Waals surface area contributed by atoms with E-state index in [1.54, 1.807) is 44.2 Å². The Morgan fingerprint density at radius 3 is 1.83 bits per heavy atom. The van der Waals surface area contributed by atoms with Crippen LogP contribution in [0.15, 0.2) is 150 Å². The Morgan fingerprint density at radius 1 is 0.692 bits per heavy atom. The van der Waals surface area contributed by atoms with Gasteiger partial charge in [0.1, 0.15) is 5.58 Å². The molecule has 322 valence electrons. The molecule has 0 radical (unpaired) electrons. The van der Waals surface area contributed by atoms with Crippen LogP contribution in [0.5, 0.6) is 0 Å². The third kappa shape index (κ3) is 9.79. The van der Waals surface area contributed by atoms with Gasteiger partial charge in [-0.25, -0.2) is 0 Å². The molecular weight excluding hydrogens is 973 g/mol. The summed E-state index contributed by atoms with van der Waals surface area (Å²) in [7, 11) is 0. The first-order chi connectivity index (χ1) is 33.6. The average molecular weight is 1030 g/mol. The summed E-state index contributed by atoms with van der Waals surface area (Å²) in [5, 5.41) is 10.7. The van der Waals surface area contributed by atoms with E-state index >= 15 is 0 Å². The van der Waals surface area contributed by atoms with E-state index in [0.717, 1.165) is 44.8 Å². The molecule has 0 amide bonds. The first kappa shape index (κ1) is 36.8. The number of furan rings is 1. The topological polar surface area (TPSA) is 75.6 Å². The molecule has 5 nitrogen and oxygen atoms in total. The van der Waals surface area contributed by atoms with E-state index in [9.17, 15) is 12.1 Å². The third-order valence-electron chi connectivity index (χ3n) is 11.8. The first-order valence-corrected chi connectivity index (χ1v) is 21.4. The van der Waals surface area contributed by atoms with Crippen molar-refractivity contribution in [1.82, 2.24) is 15.0 Å². The average Bonchev–Trinajstić information content (AvgIpc) is 3.72. The maximum absolute atomic E-state index is 9.86. The quantitative estimate of drug-likeness (QED) is 0.108. The minimum atomic E-state index is -2.72. The van der Waals surface area contributed by atoms with Crippen LogP contribution in [0.3, 0.4) is 0 Å². The van der Waals surface area contributed by atoms with Crippen LogP contribution in [0.4, 0.5) is 0 Å².